The molecule has 11 heavy (non-hydrogen) atoms. The first-order valence-electron chi connectivity index (χ1n) is 2.93. The Morgan fingerprint density at radius 2 is 2.27 bits per heavy atom. The molecule has 1 aromatic heterocycles. The standard InChI is InChI=1S/C6H10N2S.2ClH/c1-5(7)4-6-8-2-3-9-6;;/h2-3,5H,4,7H2,1H3;2*1H. The van der Waals surface area contributed by atoms with Crippen LogP contribution in [-0.4, -0.2) is 11.0 Å². The molecule has 0 bridgehead atoms. The van der Waals surface area contributed by atoms with Crippen molar-refractivity contribution >= 4 is 36.2 Å². The van der Waals surface area contributed by atoms with Crippen molar-refractivity contribution in [3.05, 3.63) is 16.6 Å². The van der Waals surface area contributed by atoms with Crippen LogP contribution in [0.15, 0.2) is 11.6 Å². The van der Waals surface area contributed by atoms with Gasteiger partial charge in [0.15, 0.2) is 0 Å². The van der Waals surface area contributed by atoms with Gasteiger partial charge >= 0.3 is 0 Å². The molecule has 0 radical (unpaired) electrons. The lowest BCUT2D eigenvalue weighted by molar-refractivity contribution is 0.734. The van der Waals surface area contributed by atoms with Crippen LogP contribution < -0.4 is 5.73 Å². The monoisotopic (exact) mass is 214 g/mol. The average Bonchev–Trinajstić information content (AvgIpc) is 2.15. The minimum atomic E-state index is 0. The Hall–Kier alpha value is 0.170. The Kier molecular flexibility index (Phi) is 8.56. The minimum Gasteiger partial charge on any atom is -0.328 e. The van der Waals surface area contributed by atoms with Crippen molar-refractivity contribution in [2.45, 2.75) is 19.4 Å². The summed E-state index contributed by atoms with van der Waals surface area (Å²) in [6.45, 7) is 1.99. The highest BCUT2D eigenvalue weighted by Crippen LogP contribution is 2.05. The molecular formula is C6H12Cl2N2S. The van der Waals surface area contributed by atoms with Crippen LogP contribution in [-0.2, 0) is 6.42 Å². The van der Waals surface area contributed by atoms with Crippen LogP contribution in [0.3, 0.4) is 0 Å². The molecule has 0 aliphatic heterocycles. The van der Waals surface area contributed by atoms with Gasteiger partial charge in [-0.1, -0.05) is 0 Å². The second-order valence-corrected chi connectivity index (χ2v) is 3.09. The predicted molar refractivity (Wildman–Crippen MR) is 54.0 cm³/mol. The van der Waals surface area contributed by atoms with Crippen LogP contribution in [0.2, 0.25) is 0 Å². The van der Waals surface area contributed by atoms with Gasteiger partial charge in [-0.25, -0.2) is 4.98 Å². The number of thiazole rings is 1. The van der Waals surface area contributed by atoms with Crippen LogP contribution in [0, 0.1) is 0 Å². The van der Waals surface area contributed by atoms with Gasteiger partial charge in [0, 0.05) is 24.0 Å². The highest BCUT2D eigenvalue weighted by Gasteiger charge is 1.97. The second kappa shape index (κ2) is 6.85. The molecular weight excluding hydrogens is 203 g/mol. The molecule has 1 atom stereocenters. The predicted octanol–water partition coefficient (Wildman–Crippen LogP) is 1.88. The van der Waals surface area contributed by atoms with Crippen molar-refractivity contribution in [1.82, 2.24) is 4.98 Å². The summed E-state index contributed by atoms with van der Waals surface area (Å²) in [5, 5.41) is 3.10. The molecule has 1 unspecified atom stereocenters. The summed E-state index contributed by atoms with van der Waals surface area (Å²) in [6.07, 6.45) is 2.71. The zero-order valence-electron chi connectivity index (χ0n) is 6.19. The van der Waals surface area contributed by atoms with E-state index in [0.29, 0.717) is 0 Å². The first-order chi connectivity index (χ1) is 4.29. The zero-order chi connectivity index (χ0) is 6.69. The van der Waals surface area contributed by atoms with Gasteiger partial charge in [0.25, 0.3) is 0 Å². The van der Waals surface area contributed by atoms with Crippen LogP contribution in [0.1, 0.15) is 11.9 Å². The number of nitrogens with zero attached hydrogens (tertiary/aromatic N) is 1. The molecule has 2 N–H and O–H groups in total. The SMILES string of the molecule is CC(N)Cc1nccs1.Cl.Cl. The van der Waals surface area contributed by atoms with E-state index in [2.05, 4.69) is 4.98 Å². The fourth-order valence-corrected chi connectivity index (χ4v) is 1.39. The first kappa shape index (κ1) is 13.7. The van der Waals surface area contributed by atoms with E-state index in [-0.39, 0.29) is 30.9 Å². The van der Waals surface area contributed by atoms with Gasteiger partial charge in [-0.3, -0.25) is 0 Å². The van der Waals surface area contributed by atoms with Gasteiger partial charge in [0.2, 0.25) is 0 Å². The largest absolute Gasteiger partial charge is 0.328 e. The van der Waals surface area contributed by atoms with E-state index in [1.807, 2.05) is 18.5 Å². The Labute approximate surface area is 83.0 Å². The summed E-state index contributed by atoms with van der Waals surface area (Å²) < 4.78 is 0. The summed E-state index contributed by atoms with van der Waals surface area (Å²) in [5.74, 6) is 0. The van der Waals surface area contributed by atoms with Gasteiger partial charge in [-0.15, -0.1) is 36.2 Å². The highest BCUT2D eigenvalue weighted by atomic mass is 35.5. The average molecular weight is 215 g/mol. The quantitative estimate of drug-likeness (QED) is 0.817. The van der Waals surface area contributed by atoms with Crippen molar-refractivity contribution in [1.29, 1.82) is 0 Å². The lowest BCUT2D eigenvalue weighted by Crippen LogP contribution is -2.17. The van der Waals surface area contributed by atoms with E-state index in [1.54, 1.807) is 11.3 Å². The molecule has 0 amide bonds. The molecule has 0 spiro atoms. The maximum Gasteiger partial charge on any atom is 0.0940 e. The van der Waals surface area contributed by atoms with E-state index in [1.165, 1.54) is 0 Å². The second-order valence-electron chi connectivity index (χ2n) is 2.11. The summed E-state index contributed by atoms with van der Waals surface area (Å²) in [4.78, 5) is 4.09. The lowest BCUT2D eigenvalue weighted by Gasteiger charge is -1.98. The molecule has 0 saturated heterocycles. The molecule has 0 fully saturated rings. The van der Waals surface area contributed by atoms with Crippen molar-refractivity contribution in [3.63, 3.8) is 0 Å². The third-order valence-corrected chi connectivity index (χ3v) is 1.78. The third kappa shape index (κ3) is 5.44. The number of nitrogens with two attached hydrogens (primary N) is 1. The molecule has 1 rings (SSSR count). The Morgan fingerprint density at radius 3 is 2.64 bits per heavy atom. The van der Waals surface area contributed by atoms with E-state index < -0.39 is 0 Å². The Bertz CT molecular complexity index is 165. The fraction of sp³-hybridized carbons (Fsp3) is 0.500. The van der Waals surface area contributed by atoms with Gasteiger partial charge in [-0.05, 0) is 6.92 Å². The van der Waals surface area contributed by atoms with Crippen LogP contribution in [0.5, 0.6) is 0 Å². The number of rotatable bonds is 2. The van der Waals surface area contributed by atoms with Gasteiger partial charge in [0.1, 0.15) is 0 Å². The van der Waals surface area contributed by atoms with Crippen molar-refractivity contribution in [2.24, 2.45) is 5.73 Å². The van der Waals surface area contributed by atoms with Crippen LogP contribution in [0.25, 0.3) is 0 Å². The molecule has 1 heterocycles. The molecule has 0 saturated carbocycles. The smallest absolute Gasteiger partial charge is 0.0940 e. The van der Waals surface area contributed by atoms with Crippen LogP contribution in [0.4, 0.5) is 0 Å². The number of hydrogen-bond acceptors (Lipinski definition) is 3. The summed E-state index contributed by atoms with van der Waals surface area (Å²) in [6, 6.07) is 0.233. The summed E-state index contributed by atoms with van der Waals surface area (Å²) >= 11 is 1.66. The number of aromatic nitrogens is 1. The summed E-state index contributed by atoms with van der Waals surface area (Å²) in [7, 11) is 0. The zero-order valence-corrected chi connectivity index (χ0v) is 8.64. The highest BCUT2D eigenvalue weighted by molar-refractivity contribution is 7.09. The molecule has 66 valence electrons. The van der Waals surface area contributed by atoms with E-state index in [0.717, 1.165) is 11.4 Å². The normalized spacial score (nSPS) is 11.1. The number of halogens is 2. The number of hydrogen-bond donors (Lipinski definition) is 1. The van der Waals surface area contributed by atoms with Gasteiger partial charge < -0.3 is 5.73 Å². The molecule has 0 aromatic carbocycles. The molecule has 2 nitrogen and oxygen atoms in total. The molecule has 0 aliphatic carbocycles. The minimum absolute atomic E-state index is 0. The van der Waals surface area contributed by atoms with E-state index in [9.17, 15) is 0 Å². The van der Waals surface area contributed by atoms with Gasteiger partial charge in [0.05, 0.1) is 5.01 Å². The van der Waals surface area contributed by atoms with Crippen molar-refractivity contribution < 1.29 is 0 Å². The Balaban J connectivity index is 0. The summed E-state index contributed by atoms with van der Waals surface area (Å²) in [5.41, 5.74) is 5.55. The molecule has 0 aliphatic rings. The van der Waals surface area contributed by atoms with E-state index in [4.69, 9.17) is 5.73 Å². The maximum atomic E-state index is 5.55. The van der Waals surface area contributed by atoms with E-state index >= 15 is 0 Å². The first-order valence-corrected chi connectivity index (χ1v) is 3.81. The van der Waals surface area contributed by atoms with Gasteiger partial charge in [-0.2, -0.15) is 0 Å². The van der Waals surface area contributed by atoms with Crippen molar-refractivity contribution in [2.75, 3.05) is 0 Å². The lowest BCUT2D eigenvalue weighted by atomic mass is 10.3. The molecule has 5 heteroatoms. The van der Waals surface area contributed by atoms with Crippen LogP contribution >= 0.6 is 36.2 Å². The molecule has 1 aromatic rings. The topological polar surface area (TPSA) is 38.9 Å². The van der Waals surface area contributed by atoms with Crippen molar-refractivity contribution in [3.8, 4) is 0 Å². The Morgan fingerprint density at radius 1 is 1.64 bits per heavy atom. The fourth-order valence-electron chi connectivity index (χ4n) is 0.629. The maximum absolute atomic E-state index is 5.55. The third-order valence-electron chi connectivity index (χ3n) is 0.980.